The predicted molar refractivity (Wildman–Crippen MR) is 45.0 cm³/mol. The van der Waals surface area contributed by atoms with Gasteiger partial charge in [0.15, 0.2) is 0 Å². The van der Waals surface area contributed by atoms with Gasteiger partial charge in [0.1, 0.15) is 11.7 Å². The van der Waals surface area contributed by atoms with Crippen molar-refractivity contribution in [2.24, 2.45) is 0 Å². The molecule has 0 fully saturated rings. The number of hydrogen-bond acceptors (Lipinski definition) is 2. The zero-order valence-corrected chi connectivity index (χ0v) is 7.39. The maximum absolute atomic E-state index is 9.48. The molecule has 11 heavy (non-hydrogen) atoms. The van der Waals surface area contributed by atoms with Crippen LogP contribution >= 0.6 is 0 Å². The van der Waals surface area contributed by atoms with Crippen LogP contribution in [-0.4, -0.2) is 21.9 Å². The Morgan fingerprint density at radius 3 is 2.45 bits per heavy atom. The van der Waals surface area contributed by atoms with Gasteiger partial charge in [-0.3, -0.25) is 0 Å². The van der Waals surface area contributed by atoms with Crippen molar-refractivity contribution in [2.75, 3.05) is 0 Å². The Morgan fingerprint density at radius 1 is 1.55 bits per heavy atom. The second-order valence-corrected chi connectivity index (χ2v) is 2.97. The molecule has 2 unspecified atom stereocenters. The van der Waals surface area contributed by atoms with E-state index >= 15 is 0 Å². The van der Waals surface area contributed by atoms with Gasteiger partial charge in [-0.2, -0.15) is 0 Å². The van der Waals surface area contributed by atoms with Crippen molar-refractivity contribution in [2.45, 2.75) is 45.3 Å². The highest BCUT2D eigenvalue weighted by molar-refractivity contribution is 5.13. The van der Waals surface area contributed by atoms with Gasteiger partial charge in [-0.05, 0) is 20.3 Å². The first-order valence-electron chi connectivity index (χ1n) is 3.91. The summed E-state index contributed by atoms with van der Waals surface area (Å²) in [6.45, 7) is 5.22. The molecule has 0 rings (SSSR count). The van der Waals surface area contributed by atoms with E-state index < -0.39 is 11.7 Å². The number of hydrogen-bond donors (Lipinski definition) is 2. The molecule has 2 nitrogen and oxygen atoms in total. The second kappa shape index (κ2) is 4.38. The summed E-state index contributed by atoms with van der Waals surface area (Å²) < 4.78 is 0. The van der Waals surface area contributed by atoms with Gasteiger partial charge in [-0.25, -0.2) is 0 Å². The molecule has 2 heteroatoms. The fraction of sp³-hybridized carbons (Fsp3) is 0.778. The van der Waals surface area contributed by atoms with Gasteiger partial charge in [-0.15, -0.1) is 0 Å². The first-order valence-corrected chi connectivity index (χ1v) is 3.91. The van der Waals surface area contributed by atoms with E-state index in [1.807, 2.05) is 6.92 Å². The quantitative estimate of drug-likeness (QED) is 0.584. The molecule has 0 aromatic carbocycles. The average molecular weight is 156 g/mol. The fourth-order valence-corrected chi connectivity index (χ4v) is 0.809. The summed E-state index contributed by atoms with van der Waals surface area (Å²) in [6.07, 6.45) is 0.882. The van der Waals surface area contributed by atoms with Crippen molar-refractivity contribution < 1.29 is 10.2 Å². The van der Waals surface area contributed by atoms with E-state index in [9.17, 15) is 5.11 Å². The summed E-state index contributed by atoms with van der Waals surface area (Å²) in [6, 6.07) is 0. The molecule has 0 aliphatic heterocycles. The van der Waals surface area contributed by atoms with Crippen LogP contribution in [0.25, 0.3) is 0 Å². The van der Waals surface area contributed by atoms with E-state index in [-0.39, 0.29) is 0 Å². The summed E-state index contributed by atoms with van der Waals surface area (Å²) in [5.74, 6) is 5.14. The first kappa shape index (κ1) is 10.5. The van der Waals surface area contributed by atoms with Gasteiger partial charge in [0.05, 0.1) is 0 Å². The molecule has 0 saturated carbocycles. The number of rotatable bonds is 2. The summed E-state index contributed by atoms with van der Waals surface area (Å²) in [4.78, 5) is 0. The van der Waals surface area contributed by atoms with E-state index in [4.69, 9.17) is 5.11 Å². The van der Waals surface area contributed by atoms with Crippen LogP contribution in [0.15, 0.2) is 0 Å². The Labute approximate surface area is 68.2 Å². The van der Waals surface area contributed by atoms with E-state index in [0.29, 0.717) is 6.42 Å². The Bertz CT molecular complexity index is 160. The van der Waals surface area contributed by atoms with Crippen LogP contribution < -0.4 is 0 Å². The Kier molecular flexibility index (Phi) is 4.17. The monoisotopic (exact) mass is 156 g/mol. The third kappa shape index (κ3) is 5.90. The minimum Gasteiger partial charge on any atom is -0.381 e. The summed E-state index contributed by atoms with van der Waals surface area (Å²) in [5.41, 5.74) is -0.939. The zero-order valence-electron chi connectivity index (χ0n) is 7.39. The van der Waals surface area contributed by atoms with Crippen LogP contribution in [0.4, 0.5) is 0 Å². The van der Waals surface area contributed by atoms with Gasteiger partial charge < -0.3 is 10.2 Å². The molecule has 0 aliphatic rings. The minimum absolute atomic E-state index is 0.646. The van der Waals surface area contributed by atoms with Crippen molar-refractivity contribution in [3.63, 3.8) is 0 Å². The van der Waals surface area contributed by atoms with Crippen molar-refractivity contribution in [1.82, 2.24) is 0 Å². The third-order valence-electron chi connectivity index (χ3n) is 1.29. The van der Waals surface area contributed by atoms with Gasteiger partial charge in [0, 0.05) is 0 Å². The van der Waals surface area contributed by atoms with Crippen LogP contribution in [0.3, 0.4) is 0 Å². The van der Waals surface area contributed by atoms with Crippen LogP contribution in [0.2, 0.25) is 0 Å². The summed E-state index contributed by atoms with van der Waals surface area (Å²) >= 11 is 0. The number of aliphatic hydroxyl groups excluding tert-OH is 1. The lowest BCUT2D eigenvalue weighted by molar-refractivity contribution is 0.110. The molecule has 0 spiro atoms. The fourth-order valence-electron chi connectivity index (χ4n) is 0.809. The average Bonchev–Trinajstić information content (AvgIpc) is 1.84. The molecular weight excluding hydrogens is 140 g/mol. The Balaban J connectivity index is 4.02. The third-order valence-corrected chi connectivity index (χ3v) is 1.29. The standard InChI is InChI=1S/C9H16O2/c1-4-6-9(3,11)7-5-8(2)10/h8,10-11H,4,6H2,1-3H3. The van der Waals surface area contributed by atoms with Gasteiger partial charge in [-0.1, -0.05) is 25.2 Å². The molecule has 0 aromatic heterocycles. The normalized spacial score (nSPS) is 17.9. The Hall–Kier alpha value is -0.520. The molecule has 2 atom stereocenters. The topological polar surface area (TPSA) is 40.5 Å². The largest absolute Gasteiger partial charge is 0.381 e. The van der Waals surface area contributed by atoms with E-state index in [1.54, 1.807) is 13.8 Å². The molecule has 0 heterocycles. The highest BCUT2D eigenvalue weighted by Gasteiger charge is 2.14. The maximum Gasteiger partial charge on any atom is 0.122 e. The molecule has 0 amide bonds. The molecule has 64 valence electrons. The van der Waals surface area contributed by atoms with Gasteiger partial charge in [0.25, 0.3) is 0 Å². The zero-order chi connectivity index (χ0) is 8.91. The number of aliphatic hydroxyl groups is 2. The first-order chi connectivity index (χ1) is 4.98. The van der Waals surface area contributed by atoms with Crippen molar-refractivity contribution in [3.05, 3.63) is 0 Å². The summed E-state index contributed by atoms with van der Waals surface area (Å²) in [5, 5.41) is 18.3. The predicted octanol–water partition coefficient (Wildman–Crippen LogP) is 0.922. The molecular formula is C9H16O2. The van der Waals surface area contributed by atoms with Crippen LogP contribution in [-0.2, 0) is 0 Å². The van der Waals surface area contributed by atoms with Crippen LogP contribution in [0.5, 0.6) is 0 Å². The molecule has 0 saturated heterocycles. The Morgan fingerprint density at radius 2 is 2.09 bits per heavy atom. The highest BCUT2D eigenvalue weighted by Crippen LogP contribution is 2.09. The van der Waals surface area contributed by atoms with Crippen molar-refractivity contribution in [3.8, 4) is 11.8 Å². The lowest BCUT2D eigenvalue weighted by Gasteiger charge is -2.14. The molecule has 0 bridgehead atoms. The lowest BCUT2D eigenvalue weighted by atomic mass is 10.0. The SMILES string of the molecule is CCCC(C)(O)C#CC(C)O. The van der Waals surface area contributed by atoms with E-state index in [1.165, 1.54) is 0 Å². The summed E-state index contributed by atoms with van der Waals surface area (Å²) in [7, 11) is 0. The second-order valence-electron chi connectivity index (χ2n) is 2.97. The lowest BCUT2D eigenvalue weighted by Crippen LogP contribution is -2.21. The highest BCUT2D eigenvalue weighted by atomic mass is 16.3. The van der Waals surface area contributed by atoms with Crippen molar-refractivity contribution in [1.29, 1.82) is 0 Å². The van der Waals surface area contributed by atoms with Gasteiger partial charge >= 0.3 is 0 Å². The molecule has 0 radical (unpaired) electrons. The maximum atomic E-state index is 9.48. The van der Waals surface area contributed by atoms with Crippen LogP contribution in [0.1, 0.15) is 33.6 Å². The molecule has 0 aromatic rings. The molecule has 2 N–H and O–H groups in total. The smallest absolute Gasteiger partial charge is 0.122 e. The van der Waals surface area contributed by atoms with E-state index in [0.717, 1.165) is 6.42 Å². The van der Waals surface area contributed by atoms with Gasteiger partial charge in [0.2, 0.25) is 0 Å². The minimum atomic E-state index is -0.939. The van der Waals surface area contributed by atoms with Crippen molar-refractivity contribution >= 4 is 0 Å². The molecule has 0 aliphatic carbocycles. The van der Waals surface area contributed by atoms with E-state index in [2.05, 4.69) is 11.8 Å². The van der Waals surface area contributed by atoms with Crippen LogP contribution in [0, 0.1) is 11.8 Å².